The zero-order valence-electron chi connectivity index (χ0n) is 5.70. The second-order valence-corrected chi connectivity index (χ2v) is 2.02. The highest BCUT2D eigenvalue weighted by molar-refractivity contribution is 4.99. The SMILES string of the molecule is CC(C#N)C(C#N)CC#N. The minimum absolute atomic E-state index is 0.144. The van der Waals surface area contributed by atoms with Crippen molar-refractivity contribution >= 4 is 0 Å². The van der Waals surface area contributed by atoms with Crippen molar-refractivity contribution in [3.63, 3.8) is 0 Å². The van der Waals surface area contributed by atoms with Crippen molar-refractivity contribution in [2.45, 2.75) is 13.3 Å². The molecule has 0 saturated carbocycles. The molecule has 0 aliphatic carbocycles. The molecule has 3 nitrogen and oxygen atoms in total. The molecule has 2 unspecified atom stereocenters. The molecular weight excluding hydrogens is 126 g/mol. The van der Waals surface area contributed by atoms with Gasteiger partial charge in [0.15, 0.2) is 0 Å². The summed E-state index contributed by atoms with van der Waals surface area (Å²) >= 11 is 0. The van der Waals surface area contributed by atoms with Crippen molar-refractivity contribution in [1.29, 1.82) is 15.8 Å². The highest BCUT2D eigenvalue weighted by Gasteiger charge is 2.14. The van der Waals surface area contributed by atoms with Gasteiger partial charge in [-0.2, -0.15) is 15.8 Å². The van der Waals surface area contributed by atoms with Crippen LogP contribution in [0.25, 0.3) is 0 Å². The summed E-state index contributed by atoms with van der Waals surface area (Å²) in [7, 11) is 0. The average molecular weight is 133 g/mol. The summed E-state index contributed by atoms with van der Waals surface area (Å²) < 4.78 is 0. The summed E-state index contributed by atoms with van der Waals surface area (Å²) in [6, 6.07) is 5.70. The van der Waals surface area contributed by atoms with Crippen LogP contribution in [0.5, 0.6) is 0 Å². The van der Waals surface area contributed by atoms with Gasteiger partial charge in [-0.25, -0.2) is 0 Å². The summed E-state index contributed by atoms with van der Waals surface area (Å²) in [5.41, 5.74) is 0. The Balaban J connectivity index is 4.02. The zero-order chi connectivity index (χ0) is 7.98. The zero-order valence-corrected chi connectivity index (χ0v) is 5.70. The maximum absolute atomic E-state index is 8.41. The normalized spacial score (nSPS) is 13.8. The molecule has 0 rings (SSSR count). The Bertz CT molecular complexity index is 212. The number of hydrogen-bond donors (Lipinski definition) is 0. The molecule has 0 amide bonds. The molecule has 0 heterocycles. The Kier molecular flexibility index (Phi) is 3.69. The van der Waals surface area contributed by atoms with Crippen LogP contribution in [0.2, 0.25) is 0 Å². The third kappa shape index (κ3) is 2.16. The van der Waals surface area contributed by atoms with Crippen molar-refractivity contribution in [2.75, 3.05) is 0 Å². The summed E-state index contributed by atoms with van der Waals surface area (Å²) in [5, 5.41) is 25.0. The van der Waals surface area contributed by atoms with Crippen LogP contribution in [0.1, 0.15) is 13.3 Å². The number of rotatable bonds is 2. The molecule has 0 aliphatic heterocycles. The quantitative estimate of drug-likeness (QED) is 0.568. The van der Waals surface area contributed by atoms with Crippen molar-refractivity contribution in [1.82, 2.24) is 0 Å². The van der Waals surface area contributed by atoms with Crippen LogP contribution in [0.15, 0.2) is 0 Å². The fraction of sp³-hybridized carbons (Fsp3) is 0.571. The van der Waals surface area contributed by atoms with E-state index in [-0.39, 0.29) is 12.3 Å². The lowest BCUT2D eigenvalue weighted by molar-refractivity contribution is 0.545. The van der Waals surface area contributed by atoms with Crippen molar-refractivity contribution < 1.29 is 0 Å². The molecule has 0 aliphatic rings. The van der Waals surface area contributed by atoms with Crippen molar-refractivity contribution in [2.24, 2.45) is 11.8 Å². The van der Waals surface area contributed by atoms with Crippen LogP contribution < -0.4 is 0 Å². The van der Waals surface area contributed by atoms with E-state index in [9.17, 15) is 0 Å². The fourth-order valence-corrected chi connectivity index (χ4v) is 0.523. The summed E-state index contributed by atoms with van der Waals surface area (Å²) in [4.78, 5) is 0. The highest BCUT2D eigenvalue weighted by Crippen LogP contribution is 2.12. The molecule has 3 heteroatoms. The predicted molar refractivity (Wildman–Crippen MR) is 34.1 cm³/mol. The van der Waals surface area contributed by atoms with E-state index in [0.29, 0.717) is 0 Å². The van der Waals surface area contributed by atoms with Gasteiger partial charge in [-0.05, 0) is 6.92 Å². The van der Waals surface area contributed by atoms with Crippen LogP contribution in [0.4, 0.5) is 0 Å². The third-order valence-electron chi connectivity index (χ3n) is 1.28. The van der Waals surface area contributed by atoms with Gasteiger partial charge in [0.05, 0.1) is 36.5 Å². The van der Waals surface area contributed by atoms with Gasteiger partial charge in [-0.15, -0.1) is 0 Å². The van der Waals surface area contributed by atoms with E-state index in [1.54, 1.807) is 6.92 Å². The van der Waals surface area contributed by atoms with Gasteiger partial charge in [0.2, 0.25) is 0 Å². The molecule has 50 valence electrons. The molecule has 0 N–H and O–H groups in total. The van der Waals surface area contributed by atoms with E-state index < -0.39 is 5.92 Å². The van der Waals surface area contributed by atoms with Crippen LogP contribution in [-0.2, 0) is 0 Å². The number of nitrogens with zero attached hydrogens (tertiary/aromatic N) is 3. The molecule has 0 aromatic heterocycles. The third-order valence-corrected chi connectivity index (χ3v) is 1.28. The van der Waals surface area contributed by atoms with Gasteiger partial charge in [0, 0.05) is 0 Å². The van der Waals surface area contributed by atoms with Gasteiger partial charge in [0.25, 0.3) is 0 Å². The smallest absolute Gasteiger partial charge is 0.0748 e. The maximum Gasteiger partial charge on any atom is 0.0748 e. The lowest BCUT2D eigenvalue weighted by Crippen LogP contribution is -2.05. The summed E-state index contributed by atoms with van der Waals surface area (Å²) in [6.45, 7) is 1.64. The standard InChI is InChI=1S/C7H7N3/c1-6(4-9)7(5-10)2-3-8/h6-7H,2H2,1H3. The Labute approximate surface area is 60.1 Å². The molecule has 0 bridgehead atoms. The van der Waals surface area contributed by atoms with E-state index >= 15 is 0 Å². The highest BCUT2D eigenvalue weighted by atomic mass is 14.3. The summed E-state index contributed by atoms with van der Waals surface area (Å²) in [6.07, 6.45) is 0.144. The van der Waals surface area contributed by atoms with E-state index in [2.05, 4.69) is 0 Å². The molecule has 10 heavy (non-hydrogen) atoms. The Morgan fingerprint density at radius 3 is 2.10 bits per heavy atom. The first-order valence-corrected chi connectivity index (χ1v) is 2.92. The first kappa shape index (κ1) is 8.47. The largest absolute Gasteiger partial charge is 0.198 e. The maximum atomic E-state index is 8.41. The van der Waals surface area contributed by atoms with E-state index in [0.717, 1.165) is 0 Å². The second-order valence-electron chi connectivity index (χ2n) is 2.02. The minimum atomic E-state index is -0.435. The van der Waals surface area contributed by atoms with Crippen molar-refractivity contribution in [3.05, 3.63) is 0 Å². The first-order valence-electron chi connectivity index (χ1n) is 2.92. The van der Waals surface area contributed by atoms with Crippen LogP contribution >= 0.6 is 0 Å². The van der Waals surface area contributed by atoms with E-state index in [4.69, 9.17) is 15.8 Å². The number of nitriles is 3. The second kappa shape index (κ2) is 4.36. The van der Waals surface area contributed by atoms with Gasteiger partial charge in [-0.3, -0.25) is 0 Å². The summed E-state index contributed by atoms with van der Waals surface area (Å²) in [5.74, 6) is -0.778. The lowest BCUT2D eigenvalue weighted by Gasteiger charge is -2.03. The van der Waals surface area contributed by atoms with E-state index in [1.165, 1.54) is 0 Å². The Morgan fingerprint density at radius 1 is 1.20 bits per heavy atom. The van der Waals surface area contributed by atoms with Crippen LogP contribution in [0.3, 0.4) is 0 Å². The van der Waals surface area contributed by atoms with Gasteiger partial charge < -0.3 is 0 Å². The molecule has 0 aromatic rings. The average Bonchev–Trinajstić information content (AvgIpc) is 1.99. The van der Waals surface area contributed by atoms with Crippen LogP contribution in [-0.4, -0.2) is 0 Å². The van der Waals surface area contributed by atoms with Gasteiger partial charge >= 0.3 is 0 Å². The van der Waals surface area contributed by atoms with Crippen LogP contribution in [0, 0.1) is 45.8 Å². The predicted octanol–water partition coefficient (Wildman–Crippen LogP) is 1.20. The minimum Gasteiger partial charge on any atom is -0.198 e. The molecule has 0 radical (unpaired) electrons. The molecule has 0 fully saturated rings. The molecule has 2 atom stereocenters. The molecule has 0 saturated heterocycles. The fourth-order valence-electron chi connectivity index (χ4n) is 0.523. The monoisotopic (exact) mass is 133 g/mol. The lowest BCUT2D eigenvalue weighted by atomic mass is 9.94. The first-order chi connectivity index (χ1) is 4.76. The Hall–Kier alpha value is -1.53. The molecule has 0 aromatic carbocycles. The Morgan fingerprint density at radius 2 is 1.80 bits per heavy atom. The molecular formula is C7H7N3. The van der Waals surface area contributed by atoms with Crippen molar-refractivity contribution in [3.8, 4) is 18.2 Å². The molecule has 0 spiro atoms. The van der Waals surface area contributed by atoms with Gasteiger partial charge in [0.1, 0.15) is 0 Å². The van der Waals surface area contributed by atoms with Gasteiger partial charge in [-0.1, -0.05) is 0 Å². The topological polar surface area (TPSA) is 71.4 Å². The number of hydrogen-bond acceptors (Lipinski definition) is 3. The van der Waals surface area contributed by atoms with E-state index in [1.807, 2.05) is 18.2 Å².